The monoisotopic (exact) mass is 217 g/mol. The van der Waals surface area contributed by atoms with E-state index in [9.17, 15) is 5.11 Å². The molecule has 0 aromatic carbocycles. The minimum atomic E-state index is -0.538. The largest absolute Gasteiger partial charge is 0.389 e. The summed E-state index contributed by atoms with van der Waals surface area (Å²) in [5.41, 5.74) is 1.97. The van der Waals surface area contributed by atoms with Crippen molar-refractivity contribution in [2.24, 2.45) is 5.92 Å². The van der Waals surface area contributed by atoms with Crippen LogP contribution in [0.1, 0.15) is 49.8 Å². The Bertz CT molecular complexity index is 395. The molecule has 3 rings (SSSR count). The van der Waals surface area contributed by atoms with E-state index in [2.05, 4.69) is 11.1 Å². The lowest BCUT2D eigenvalue weighted by Crippen LogP contribution is -2.37. The number of fused-ring (bicyclic) bond motifs is 1. The van der Waals surface area contributed by atoms with Gasteiger partial charge in [0.15, 0.2) is 0 Å². The molecule has 1 fully saturated rings. The molecule has 2 aliphatic rings. The molecule has 1 aromatic rings. The Labute approximate surface area is 96.7 Å². The fourth-order valence-electron chi connectivity index (χ4n) is 3.13. The number of hydrogen-bond donors (Lipinski definition) is 1. The predicted octanol–water partition coefficient (Wildman–Crippen LogP) is 2.66. The standard InChI is InChI=1S/C14H19NO/c1-14(16,11-7-8-11)12-6-2-4-10-5-3-9-15-13(10)12/h3,5,9,11-12,16H,2,4,6-8H2,1H3. The van der Waals surface area contributed by atoms with Crippen LogP contribution in [-0.4, -0.2) is 15.7 Å². The number of hydrogen-bond acceptors (Lipinski definition) is 2. The molecule has 0 radical (unpaired) electrons. The van der Waals surface area contributed by atoms with Crippen LogP contribution in [0.25, 0.3) is 0 Å². The molecule has 2 aliphatic carbocycles. The van der Waals surface area contributed by atoms with Gasteiger partial charge in [0.05, 0.1) is 5.60 Å². The van der Waals surface area contributed by atoms with Crippen LogP contribution in [0.5, 0.6) is 0 Å². The van der Waals surface area contributed by atoms with Crippen LogP contribution < -0.4 is 0 Å². The summed E-state index contributed by atoms with van der Waals surface area (Å²) < 4.78 is 0. The first kappa shape index (κ1) is 10.3. The molecule has 2 nitrogen and oxygen atoms in total. The first-order chi connectivity index (χ1) is 7.69. The van der Waals surface area contributed by atoms with Crippen molar-refractivity contribution < 1.29 is 5.11 Å². The van der Waals surface area contributed by atoms with Crippen molar-refractivity contribution in [1.29, 1.82) is 0 Å². The average Bonchev–Trinajstić information content (AvgIpc) is 3.12. The third kappa shape index (κ3) is 1.56. The summed E-state index contributed by atoms with van der Waals surface area (Å²) in [6.45, 7) is 2.01. The van der Waals surface area contributed by atoms with Gasteiger partial charge in [-0.25, -0.2) is 0 Å². The van der Waals surface area contributed by atoms with Crippen LogP contribution in [0.4, 0.5) is 0 Å². The first-order valence-corrected chi connectivity index (χ1v) is 6.36. The van der Waals surface area contributed by atoms with Crippen molar-refractivity contribution in [3.05, 3.63) is 29.6 Å². The third-order valence-electron chi connectivity index (χ3n) is 4.30. The van der Waals surface area contributed by atoms with Gasteiger partial charge in [-0.2, -0.15) is 0 Å². The normalized spacial score (nSPS) is 28.2. The minimum absolute atomic E-state index is 0.255. The molecule has 2 heteroatoms. The highest BCUT2D eigenvalue weighted by atomic mass is 16.3. The lowest BCUT2D eigenvalue weighted by Gasteiger charge is -2.36. The summed E-state index contributed by atoms with van der Waals surface area (Å²) in [5, 5.41) is 10.7. The zero-order valence-electron chi connectivity index (χ0n) is 9.82. The summed E-state index contributed by atoms with van der Waals surface area (Å²) in [6.07, 6.45) is 7.64. The zero-order valence-corrected chi connectivity index (χ0v) is 9.82. The van der Waals surface area contributed by atoms with Gasteiger partial charge in [0.2, 0.25) is 0 Å². The van der Waals surface area contributed by atoms with Crippen LogP contribution in [0.3, 0.4) is 0 Å². The average molecular weight is 217 g/mol. The van der Waals surface area contributed by atoms with E-state index in [-0.39, 0.29) is 5.92 Å². The van der Waals surface area contributed by atoms with Crippen molar-refractivity contribution in [2.75, 3.05) is 0 Å². The van der Waals surface area contributed by atoms with Crippen LogP contribution >= 0.6 is 0 Å². The molecule has 1 aromatic heterocycles. The number of pyridine rings is 1. The predicted molar refractivity (Wildman–Crippen MR) is 63.3 cm³/mol. The maximum absolute atomic E-state index is 10.7. The van der Waals surface area contributed by atoms with E-state index in [4.69, 9.17) is 0 Å². The molecule has 1 heterocycles. The van der Waals surface area contributed by atoms with E-state index in [1.54, 1.807) is 0 Å². The van der Waals surface area contributed by atoms with E-state index >= 15 is 0 Å². The fraction of sp³-hybridized carbons (Fsp3) is 0.643. The van der Waals surface area contributed by atoms with Gasteiger partial charge in [-0.15, -0.1) is 0 Å². The third-order valence-corrected chi connectivity index (χ3v) is 4.30. The molecular formula is C14H19NO. The van der Waals surface area contributed by atoms with E-state index in [1.165, 1.54) is 24.8 Å². The lowest BCUT2D eigenvalue weighted by atomic mass is 9.74. The van der Waals surface area contributed by atoms with Crippen molar-refractivity contribution in [2.45, 2.75) is 50.5 Å². The van der Waals surface area contributed by atoms with E-state index in [0.717, 1.165) is 18.5 Å². The quantitative estimate of drug-likeness (QED) is 0.826. The Kier molecular flexibility index (Phi) is 2.28. The number of aromatic nitrogens is 1. The highest BCUT2D eigenvalue weighted by Crippen LogP contribution is 2.49. The molecule has 1 saturated carbocycles. The Morgan fingerprint density at radius 3 is 2.94 bits per heavy atom. The van der Waals surface area contributed by atoms with Gasteiger partial charge in [0, 0.05) is 17.8 Å². The number of nitrogens with zero attached hydrogens (tertiary/aromatic N) is 1. The molecule has 0 saturated heterocycles. The second-order valence-corrected chi connectivity index (χ2v) is 5.49. The van der Waals surface area contributed by atoms with Gasteiger partial charge in [-0.3, -0.25) is 4.98 Å². The van der Waals surface area contributed by atoms with Crippen molar-refractivity contribution >= 4 is 0 Å². The summed E-state index contributed by atoms with van der Waals surface area (Å²) >= 11 is 0. The van der Waals surface area contributed by atoms with Gasteiger partial charge in [0.25, 0.3) is 0 Å². The smallest absolute Gasteiger partial charge is 0.0731 e. The summed E-state index contributed by atoms with van der Waals surface area (Å²) in [4.78, 5) is 4.52. The van der Waals surface area contributed by atoms with Crippen molar-refractivity contribution in [3.8, 4) is 0 Å². The van der Waals surface area contributed by atoms with Crippen LogP contribution in [0.15, 0.2) is 18.3 Å². The molecule has 0 amide bonds. The van der Waals surface area contributed by atoms with Gasteiger partial charge < -0.3 is 5.11 Å². The molecule has 0 spiro atoms. The second kappa shape index (κ2) is 3.56. The number of aryl methyl sites for hydroxylation is 1. The van der Waals surface area contributed by atoms with Gasteiger partial charge in [-0.05, 0) is 56.6 Å². The SMILES string of the molecule is CC(O)(C1CC1)C1CCCc2cccnc21. The molecule has 16 heavy (non-hydrogen) atoms. The van der Waals surface area contributed by atoms with Crippen LogP contribution in [0, 0.1) is 5.92 Å². The molecule has 2 unspecified atom stereocenters. The lowest BCUT2D eigenvalue weighted by molar-refractivity contribution is 0.00151. The Hall–Kier alpha value is -0.890. The molecule has 0 bridgehead atoms. The van der Waals surface area contributed by atoms with E-state index in [0.29, 0.717) is 5.92 Å². The fourth-order valence-corrected chi connectivity index (χ4v) is 3.13. The minimum Gasteiger partial charge on any atom is -0.389 e. The first-order valence-electron chi connectivity index (χ1n) is 6.36. The molecule has 0 aliphatic heterocycles. The molecule has 86 valence electrons. The summed E-state index contributed by atoms with van der Waals surface area (Å²) in [6, 6.07) is 4.17. The summed E-state index contributed by atoms with van der Waals surface area (Å²) in [5.74, 6) is 0.760. The number of aliphatic hydroxyl groups is 1. The van der Waals surface area contributed by atoms with Gasteiger partial charge in [0.1, 0.15) is 0 Å². The maximum Gasteiger partial charge on any atom is 0.0731 e. The van der Waals surface area contributed by atoms with E-state index < -0.39 is 5.60 Å². The second-order valence-electron chi connectivity index (χ2n) is 5.49. The van der Waals surface area contributed by atoms with Crippen molar-refractivity contribution in [3.63, 3.8) is 0 Å². The summed E-state index contributed by atoms with van der Waals surface area (Å²) in [7, 11) is 0. The molecular weight excluding hydrogens is 198 g/mol. The molecule has 1 N–H and O–H groups in total. The van der Waals surface area contributed by atoms with Gasteiger partial charge in [-0.1, -0.05) is 6.07 Å². The zero-order chi connectivity index (χ0) is 11.2. The Balaban J connectivity index is 1.97. The highest BCUT2D eigenvalue weighted by Gasteiger charge is 2.47. The molecule has 2 atom stereocenters. The van der Waals surface area contributed by atoms with Crippen LogP contribution in [0.2, 0.25) is 0 Å². The van der Waals surface area contributed by atoms with Crippen molar-refractivity contribution in [1.82, 2.24) is 4.98 Å². The van der Waals surface area contributed by atoms with Crippen LogP contribution in [-0.2, 0) is 6.42 Å². The topological polar surface area (TPSA) is 33.1 Å². The highest BCUT2D eigenvalue weighted by molar-refractivity contribution is 5.29. The number of rotatable bonds is 2. The Morgan fingerprint density at radius 2 is 2.19 bits per heavy atom. The van der Waals surface area contributed by atoms with E-state index in [1.807, 2.05) is 19.2 Å². The maximum atomic E-state index is 10.7. The Morgan fingerprint density at radius 1 is 1.38 bits per heavy atom. The van der Waals surface area contributed by atoms with Gasteiger partial charge >= 0.3 is 0 Å².